The van der Waals surface area contributed by atoms with Gasteiger partial charge in [0.2, 0.25) is 0 Å². The zero-order chi connectivity index (χ0) is 17.5. The molecule has 2 heteroatoms. The van der Waals surface area contributed by atoms with Crippen molar-refractivity contribution < 1.29 is 9.52 Å². The van der Waals surface area contributed by atoms with Crippen LogP contribution in [0.3, 0.4) is 0 Å². The number of fused-ring (bicyclic) bond motifs is 3. The first kappa shape index (κ1) is 14.8. The first-order valence-corrected chi connectivity index (χ1v) is 8.61. The van der Waals surface area contributed by atoms with Crippen molar-refractivity contribution in [2.45, 2.75) is 0 Å². The number of rotatable bonds is 2. The maximum absolute atomic E-state index is 11.2. The lowest BCUT2D eigenvalue weighted by Crippen LogP contribution is -1.86. The summed E-state index contributed by atoms with van der Waals surface area (Å²) in [4.78, 5) is 0. The van der Waals surface area contributed by atoms with Gasteiger partial charge in [-0.15, -0.1) is 0 Å². The normalized spacial score (nSPS) is 11.2. The highest BCUT2D eigenvalue weighted by molar-refractivity contribution is 6.13. The van der Waals surface area contributed by atoms with E-state index in [1.54, 1.807) is 0 Å². The number of hydrogen-bond donors (Lipinski definition) is 1. The van der Waals surface area contributed by atoms with Gasteiger partial charge in [-0.1, -0.05) is 78.9 Å². The van der Waals surface area contributed by atoms with Gasteiger partial charge in [0, 0.05) is 16.3 Å². The zero-order valence-electron chi connectivity index (χ0n) is 14.0. The third-order valence-corrected chi connectivity index (χ3v) is 4.79. The smallest absolute Gasteiger partial charge is 0.147 e. The molecule has 0 aliphatic rings. The standard InChI is InChI=1S/C24H16O2/c25-23-19(16-9-3-1-4-10-16)15-20-18-13-7-8-14-21(18)26-24(20)22(23)17-11-5-2-6-12-17/h1-15,25H. The maximum Gasteiger partial charge on any atom is 0.147 e. The van der Waals surface area contributed by atoms with Crippen LogP contribution in [0.4, 0.5) is 0 Å². The fraction of sp³-hybridized carbons (Fsp3) is 0. The molecule has 1 aromatic heterocycles. The van der Waals surface area contributed by atoms with Crippen LogP contribution in [-0.2, 0) is 0 Å². The molecule has 0 unspecified atom stereocenters. The van der Waals surface area contributed by atoms with Crippen molar-refractivity contribution in [3.63, 3.8) is 0 Å². The lowest BCUT2D eigenvalue weighted by atomic mass is 9.94. The third kappa shape index (κ3) is 2.20. The molecule has 5 aromatic rings. The summed E-state index contributed by atoms with van der Waals surface area (Å²) in [5, 5.41) is 13.2. The zero-order valence-corrected chi connectivity index (χ0v) is 14.0. The van der Waals surface area contributed by atoms with Crippen LogP contribution in [-0.4, -0.2) is 5.11 Å². The van der Waals surface area contributed by atoms with Gasteiger partial charge in [0.25, 0.3) is 0 Å². The third-order valence-electron chi connectivity index (χ3n) is 4.79. The second-order valence-electron chi connectivity index (χ2n) is 6.35. The van der Waals surface area contributed by atoms with Crippen LogP contribution in [0, 0.1) is 0 Å². The number of hydrogen-bond acceptors (Lipinski definition) is 2. The molecule has 0 atom stereocenters. The van der Waals surface area contributed by atoms with Gasteiger partial charge >= 0.3 is 0 Å². The van der Waals surface area contributed by atoms with Crippen LogP contribution in [0.5, 0.6) is 5.75 Å². The second kappa shape index (κ2) is 5.78. The molecular formula is C24H16O2. The Kier molecular flexibility index (Phi) is 3.29. The minimum atomic E-state index is 0.244. The molecule has 0 radical (unpaired) electrons. The van der Waals surface area contributed by atoms with Crippen LogP contribution in [0.25, 0.3) is 44.2 Å². The first-order chi connectivity index (χ1) is 12.8. The molecule has 0 saturated carbocycles. The second-order valence-corrected chi connectivity index (χ2v) is 6.35. The monoisotopic (exact) mass is 336 g/mol. The highest BCUT2D eigenvalue weighted by Crippen LogP contribution is 2.46. The molecule has 1 N–H and O–H groups in total. The molecule has 1 heterocycles. The topological polar surface area (TPSA) is 33.4 Å². The van der Waals surface area contributed by atoms with E-state index in [2.05, 4.69) is 6.07 Å². The Bertz CT molecular complexity index is 1220. The Morgan fingerprint density at radius 2 is 1.23 bits per heavy atom. The Labute approximate surface area is 150 Å². The summed E-state index contributed by atoms with van der Waals surface area (Å²) in [5.74, 6) is 0.244. The van der Waals surface area contributed by atoms with Crippen molar-refractivity contribution in [1.82, 2.24) is 0 Å². The van der Waals surface area contributed by atoms with Gasteiger partial charge < -0.3 is 9.52 Å². The van der Waals surface area contributed by atoms with Crippen molar-refractivity contribution in [1.29, 1.82) is 0 Å². The molecule has 0 aliphatic heterocycles. The van der Waals surface area contributed by atoms with Gasteiger partial charge in [0.05, 0.1) is 5.56 Å². The molecule has 0 aliphatic carbocycles. The van der Waals surface area contributed by atoms with Crippen LogP contribution in [0.1, 0.15) is 0 Å². The maximum atomic E-state index is 11.2. The van der Waals surface area contributed by atoms with Gasteiger partial charge in [-0.25, -0.2) is 0 Å². The Balaban J connectivity index is 1.96. The first-order valence-electron chi connectivity index (χ1n) is 8.61. The average Bonchev–Trinajstić information content (AvgIpc) is 3.07. The summed E-state index contributed by atoms with van der Waals surface area (Å²) in [6.45, 7) is 0. The average molecular weight is 336 g/mol. The van der Waals surface area contributed by atoms with Gasteiger partial charge in [-0.05, 0) is 23.3 Å². The van der Waals surface area contributed by atoms with Gasteiger partial charge in [0.1, 0.15) is 16.9 Å². The molecular weight excluding hydrogens is 320 g/mol. The summed E-state index contributed by atoms with van der Waals surface area (Å²) < 4.78 is 6.15. The summed E-state index contributed by atoms with van der Waals surface area (Å²) in [5.41, 5.74) is 5.00. The minimum Gasteiger partial charge on any atom is -0.507 e. The minimum absolute atomic E-state index is 0.244. The molecule has 0 amide bonds. The van der Waals surface area contributed by atoms with Crippen molar-refractivity contribution in [2.75, 3.05) is 0 Å². The summed E-state index contributed by atoms with van der Waals surface area (Å²) in [6.07, 6.45) is 0. The van der Waals surface area contributed by atoms with Crippen molar-refractivity contribution in [3.8, 4) is 28.0 Å². The van der Waals surface area contributed by atoms with Gasteiger partial charge in [-0.3, -0.25) is 0 Å². The Morgan fingerprint density at radius 3 is 1.96 bits per heavy atom. The number of para-hydroxylation sites is 1. The van der Waals surface area contributed by atoms with Crippen molar-refractivity contribution >= 4 is 21.9 Å². The molecule has 0 saturated heterocycles. The predicted molar refractivity (Wildman–Crippen MR) is 106 cm³/mol. The van der Waals surface area contributed by atoms with E-state index in [0.29, 0.717) is 0 Å². The van der Waals surface area contributed by atoms with Crippen LogP contribution in [0.15, 0.2) is 95.4 Å². The van der Waals surface area contributed by atoms with Gasteiger partial charge in [0.15, 0.2) is 0 Å². The van der Waals surface area contributed by atoms with E-state index >= 15 is 0 Å². The molecule has 26 heavy (non-hydrogen) atoms. The number of aromatic hydroxyl groups is 1. The van der Waals surface area contributed by atoms with E-state index in [0.717, 1.165) is 44.2 Å². The number of benzene rings is 4. The van der Waals surface area contributed by atoms with E-state index in [-0.39, 0.29) is 5.75 Å². The number of furan rings is 1. The fourth-order valence-corrected chi connectivity index (χ4v) is 3.56. The number of phenols is 1. The van der Waals surface area contributed by atoms with Crippen molar-refractivity contribution in [3.05, 3.63) is 91.0 Å². The van der Waals surface area contributed by atoms with E-state index in [9.17, 15) is 5.11 Å². The summed E-state index contributed by atoms with van der Waals surface area (Å²) in [7, 11) is 0. The van der Waals surface area contributed by atoms with E-state index in [1.807, 2.05) is 84.9 Å². The molecule has 5 rings (SSSR count). The molecule has 0 spiro atoms. The summed E-state index contributed by atoms with van der Waals surface area (Å²) in [6, 6.07) is 29.9. The number of phenolic OH excluding ortho intramolecular Hbond substituents is 1. The fourth-order valence-electron chi connectivity index (χ4n) is 3.56. The van der Waals surface area contributed by atoms with E-state index < -0.39 is 0 Å². The molecule has 4 aromatic carbocycles. The largest absolute Gasteiger partial charge is 0.507 e. The lowest BCUT2D eigenvalue weighted by molar-refractivity contribution is 0.479. The van der Waals surface area contributed by atoms with Crippen LogP contribution < -0.4 is 0 Å². The Morgan fingerprint density at radius 1 is 0.615 bits per heavy atom. The van der Waals surface area contributed by atoms with Crippen LogP contribution in [0.2, 0.25) is 0 Å². The molecule has 0 bridgehead atoms. The Hall–Kier alpha value is -3.52. The van der Waals surface area contributed by atoms with E-state index in [4.69, 9.17) is 4.42 Å². The quantitative estimate of drug-likeness (QED) is 0.393. The molecule has 0 fully saturated rings. The molecule has 124 valence electrons. The van der Waals surface area contributed by atoms with Crippen molar-refractivity contribution in [2.24, 2.45) is 0 Å². The summed E-state index contributed by atoms with van der Waals surface area (Å²) >= 11 is 0. The predicted octanol–water partition coefficient (Wildman–Crippen LogP) is 6.63. The highest BCUT2D eigenvalue weighted by atomic mass is 16.3. The molecule has 2 nitrogen and oxygen atoms in total. The van der Waals surface area contributed by atoms with Gasteiger partial charge in [-0.2, -0.15) is 0 Å². The lowest BCUT2D eigenvalue weighted by Gasteiger charge is -2.11. The van der Waals surface area contributed by atoms with Crippen LogP contribution >= 0.6 is 0 Å². The van der Waals surface area contributed by atoms with E-state index in [1.165, 1.54) is 0 Å². The SMILES string of the molecule is Oc1c(-c2ccccc2)cc2c(oc3ccccc32)c1-c1ccccc1. The highest BCUT2D eigenvalue weighted by Gasteiger charge is 2.20.